The fourth-order valence-electron chi connectivity index (χ4n) is 1.69. The number of hydrogen-bond donors (Lipinski definition) is 1. The van der Waals surface area contributed by atoms with Gasteiger partial charge in [0, 0.05) is 17.7 Å². The van der Waals surface area contributed by atoms with Crippen LogP contribution in [0.15, 0.2) is 36.4 Å². The van der Waals surface area contributed by atoms with Gasteiger partial charge in [-0.3, -0.25) is 0 Å². The summed E-state index contributed by atoms with van der Waals surface area (Å²) in [5.41, 5.74) is 6.21. The van der Waals surface area contributed by atoms with Gasteiger partial charge in [0.25, 0.3) is 0 Å². The lowest BCUT2D eigenvalue weighted by atomic mass is 10.2. The third-order valence-corrected chi connectivity index (χ3v) is 3.05. The highest BCUT2D eigenvalue weighted by molar-refractivity contribution is 6.31. The Morgan fingerprint density at radius 3 is 2.42 bits per heavy atom. The van der Waals surface area contributed by atoms with Gasteiger partial charge in [0.15, 0.2) is 11.6 Å². The highest BCUT2D eigenvalue weighted by Crippen LogP contribution is 2.26. The number of rotatable bonds is 4. The van der Waals surface area contributed by atoms with Gasteiger partial charge in [0.2, 0.25) is 0 Å². The van der Waals surface area contributed by atoms with E-state index in [1.54, 1.807) is 18.2 Å². The van der Waals surface area contributed by atoms with Crippen LogP contribution in [-0.4, -0.2) is 0 Å². The van der Waals surface area contributed by atoms with Crippen molar-refractivity contribution in [1.29, 1.82) is 0 Å². The zero-order valence-electron chi connectivity index (χ0n) is 10.00. The summed E-state index contributed by atoms with van der Waals surface area (Å²) in [6, 6.07) is 8.78. The van der Waals surface area contributed by atoms with Crippen molar-refractivity contribution in [2.24, 2.45) is 5.73 Å². The first kappa shape index (κ1) is 13.8. The summed E-state index contributed by atoms with van der Waals surface area (Å²) in [7, 11) is 0. The summed E-state index contributed by atoms with van der Waals surface area (Å²) < 4.78 is 32.5. The maximum absolute atomic E-state index is 13.6. The van der Waals surface area contributed by atoms with Crippen LogP contribution in [-0.2, 0) is 13.2 Å². The minimum Gasteiger partial charge on any atom is -0.485 e. The third-order valence-electron chi connectivity index (χ3n) is 2.69. The van der Waals surface area contributed by atoms with Crippen LogP contribution in [0.2, 0.25) is 5.02 Å². The molecule has 0 heterocycles. The largest absolute Gasteiger partial charge is 0.485 e. The molecule has 2 aromatic carbocycles. The van der Waals surface area contributed by atoms with Gasteiger partial charge in [-0.15, -0.1) is 0 Å². The molecule has 0 aliphatic heterocycles. The van der Waals surface area contributed by atoms with Crippen molar-refractivity contribution < 1.29 is 13.5 Å². The Kier molecular flexibility index (Phi) is 4.35. The Morgan fingerprint density at radius 2 is 1.74 bits per heavy atom. The SMILES string of the molecule is NCc1cccc(F)c1OCc1c(F)cccc1Cl. The average molecular weight is 284 g/mol. The number of hydrogen-bond acceptors (Lipinski definition) is 2. The van der Waals surface area contributed by atoms with E-state index in [9.17, 15) is 8.78 Å². The number of ether oxygens (including phenoxy) is 1. The highest BCUT2D eigenvalue weighted by atomic mass is 35.5. The van der Waals surface area contributed by atoms with Crippen molar-refractivity contribution in [1.82, 2.24) is 0 Å². The number of nitrogens with two attached hydrogens (primary N) is 1. The molecule has 0 aliphatic carbocycles. The van der Waals surface area contributed by atoms with Crippen LogP contribution in [0.3, 0.4) is 0 Å². The van der Waals surface area contributed by atoms with Gasteiger partial charge in [0.05, 0.1) is 5.02 Å². The van der Waals surface area contributed by atoms with E-state index in [1.165, 1.54) is 18.2 Å². The van der Waals surface area contributed by atoms with Crippen LogP contribution >= 0.6 is 11.6 Å². The Balaban J connectivity index is 2.24. The van der Waals surface area contributed by atoms with Gasteiger partial charge in [0.1, 0.15) is 12.4 Å². The monoisotopic (exact) mass is 283 g/mol. The number of benzene rings is 2. The van der Waals surface area contributed by atoms with Gasteiger partial charge in [-0.05, 0) is 18.2 Å². The first-order chi connectivity index (χ1) is 9.13. The van der Waals surface area contributed by atoms with E-state index in [-0.39, 0.29) is 29.5 Å². The van der Waals surface area contributed by atoms with E-state index in [4.69, 9.17) is 22.1 Å². The number of para-hydroxylation sites is 1. The molecule has 2 rings (SSSR count). The fourth-order valence-corrected chi connectivity index (χ4v) is 1.91. The minimum absolute atomic E-state index is 0.0318. The summed E-state index contributed by atoms with van der Waals surface area (Å²) in [4.78, 5) is 0. The zero-order valence-corrected chi connectivity index (χ0v) is 10.8. The molecule has 0 saturated heterocycles. The lowest BCUT2D eigenvalue weighted by Crippen LogP contribution is -2.06. The molecule has 0 spiro atoms. The van der Waals surface area contributed by atoms with Gasteiger partial charge in [-0.1, -0.05) is 29.8 Å². The summed E-state index contributed by atoms with van der Waals surface area (Å²) in [6.45, 7) is -0.0163. The normalized spacial score (nSPS) is 10.5. The second kappa shape index (κ2) is 5.99. The van der Waals surface area contributed by atoms with Crippen molar-refractivity contribution in [3.05, 3.63) is 64.2 Å². The van der Waals surface area contributed by atoms with Crippen molar-refractivity contribution in [2.75, 3.05) is 0 Å². The van der Waals surface area contributed by atoms with E-state index >= 15 is 0 Å². The van der Waals surface area contributed by atoms with E-state index in [1.807, 2.05) is 0 Å². The van der Waals surface area contributed by atoms with Gasteiger partial charge < -0.3 is 10.5 Å². The first-order valence-electron chi connectivity index (χ1n) is 5.66. The minimum atomic E-state index is -0.532. The topological polar surface area (TPSA) is 35.2 Å². The standard InChI is InChI=1S/C14H12ClF2NO/c15-11-4-2-5-12(16)10(11)8-19-14-9(7-18)3-1-6-13(14)17/h1-6H,7-8,18H2. The third kappa shape index (κ3) is 3.03. The smallest absolute Gasteiger partial charge is 0.165 e. The molecular weight excluding hydrogens is 272 g/mol. The van der Waals surface area contributed by atoms with Crippen LogP contribution in [0.1, 0.15) is 11.1 Å². The Hall–Kier alpha value is -1.65. The molecule has 100 valence electrons. The molecular formula is C14H12ClF2NO. The molecule has 0 aromatic heterocycles. The van der Waals surface area contributed by atoms with E-state index in [2.05, 4.69) is 0 Å². The Morgan fingerprint density at radius 1 is 1.05 bits per heavy atom. The maximum Gasteiger partial charge on any atom is 0.165 e. The summed E-state index contributed by atoms with van der Waals surface area (Å²) >= 11 is 5.87. The molecule has 2 nitrogen and oxygen atoms in total. The van der Waals surface area contributed by atoms with Crippen LogP contribution in [0.4, 0.5) is 8.78 Å². The molecule has 0 saturated carbocycles. The Bertz CT molecular complexity index is 569. The molecule has 2 N–H and O–H groups in total. The van der Waals surface area contributed by atoms with Crippen LogP contribution in [0, 0.1) is 11.6 Å². The van der Waals surface area contributed by atoms with Crippen molar-refractivity contribution in [3.63, 3.8) is 0 Å². The molecule has 0 amide bonds. The summed E-state index contributed by atoms with van der Waals surface area (Å²) in [6.07, 6.45) is 0. The molecule has 2 aromatic rings. The van der Waals surface area contributed by atoms with Crippen LogP contribution in [0.5, 0.6) is 5.75 Å². The van der Waals surface area contributed by atoms with Gasteiger partial charge in [-0.25, -0.2) is 8.78 Å². The second-order valence-corrected chi connectivity index (χ2v) is 4.33. The molecule has 0 aliphatic rings. The molecule has 5 heteroatoms. The second-order valence-electron chi connectivity index (χ2n) is 3.92. The predicted molar refractivity (Wildman–Crippen MR) is 70.0 cm³/mol. The zero-order chi connectivity index (χ0) is 13.8. The van der Waals surface area contributed by atoms with Crippen molar-refractivity contribution >= 4 is 11.6 Å². The van der Waals surface area contributed by atoms with Gasteiger partial charge in [-0.2, -0.15) is 0 Å². The van der Waals surface area contributed by atoms with E-state index < -0.39 is 11.6 Å². The summed E-state index contributed by atoms with van der Waals surface area (Å²) in [5.74, 6) is -0.988. The van der Waals surface area contributed by atoms with Crippen LogP contribution < -0.4 is 10.5 Å². The molecule has 19 heavy (non-hydrogen) atoms. The molecule has 0 bridgehead atoms. The van der Waals surface area contributed by atoms with Crippen LogP contribution in [0.25, 0.3) is 0 Å². The lowest BCUT2D eigenvalue weighted by Gasteiger charge is -2.12. The number of halogens is 3. The molecule has 0 unspecified atom stereocenters. The lowest BCUT2D eigenvalue weighted by molar-refractivity contribution is 0.281. The van der Waals surface area contributed by atoms with Crippen molar-refractivity contribution in [2.45, 2.75) is 13.2 Å². The molecule has 0 atom stereocenters. The molecule has 0 radical (unpaired) electrons. The average Bonchev–Trinajstić information content (AvgIpc) is 2.39. The predicted octanol–water partition coefficient (Wildman–Crippen LogP) is 3.66. The van der Waals surface area contributed by atoms with E-state index in [0.29, 0.717) is 5.56 Å². The first-order valence-corrected chi connectivity index (χ1v) is 6.04. The van der Waals surface area contributed by atoms with Gasteiger partial charge >= 0.3 is 0 Å². The Labute approximate surface area is 114 Å². The summed E-state index contributed by atoms with van der Waals surface area (Å²) in [5, 5.41) is 0.241. The quantitative estimate of drug-likeness (QED) is 0.929. The van der Waals surface area contributed by atoms with Crippen molar-refractivity contribution in [3.8, 4) is 5.75 Å². The highest BCUT2D eigenvalue weighted by Gasteiger charge is 2.12. The molecule has 0 fully saturated rings. The fraction of sp³-hybridized carbons (Fsp3) is 0.143. The maximum atomic E-state index is 13.6. The van der Waals surface area contributed by atoms with E-state index in [0.717, 1.165) is 0 Å².